The average Bonchev–Trinajstić information content (AvgIpc) is 2.24. The minimum atomic E-state index is -0.286. The predicted molar refractivity (Wildman–Crippen MR) is 80.0 cm³/mol. The SMILES string of the molecule is CC1(C)CC(c2cccc(C3CCC3)c2)=CC(O)C1. The lowest BCUT2D eigenvalue weighted by Crippen LogP contribution is -2.24. The highest BCUT2D eigenvalue weighted by atomic mass is 16.3. The van der Waals surface area contributed by atoms with Gasteiger partial charge in [-0.2, -0.15) is 0 Å². The zero-order chi connectivity index (χ0) is 13.5. The molecule has 1 aromatic carbocycles. The van der Waals surface area contributed by atoms with E-state index in [1.807, 2.05) is 0 Å². The first-order chi connectivity index (χ1) is 9.03. The van der Waals surface area contributed by atoms with E-state index in [1.165, 1.54) is 36.0 Å². The van der Waals surface area contributed by atoms with Gasteiger partial charge in [0.05, 0.1) is 6.10 Å². The van der Waals surface area contributed by atoms with Crippen LogP contribution in [0, 0.1) is 5.41 Å². The lowest BCUT2D eigenvalue weighted by Gasteiger charge is -2.33. The summed E-state index contributed by atoms with van der Waals surface area (Å²) in [5, 5.41) is 10.0. The van der Waals surface area contributed by atoms with Crippen molar-refractivity contribution in [3.05, 3.63) is 41.5 Å². The Morgan fingerprint density at radius 3 is 2.63 bits per heavy atom. The molecule has 0 bridgehead atoms. The van der Waals surface area contributed by atoms with E-state index in [0.717, 1.165) is 18.8 Å². The number of hydrogen-bond acceptors (Lipinski definition) is 1. The zero-order valence-corrected chi connectivity index (χ0v) is 12.0. The molecule has 1 saturated carbocycles. The van der Waals surface area contributed by atoms with E-state index >= 15 is 0 Å². The summed E-state index contributed by atoms with van der Waals surface area (Å²) in [5.41, 5.74) is 4.33. The van der Waals surface area contributed by atoms with Crippen LogP contribution < -0.4 is 0 Å². The summed E-state index contributed by atoms with van der Waals surface area (Å²) >= 11 is 0. The molecular weight excluding hydrogens is 232 g/mol. The number of aliphatic hydroxyl groups is 1. The second-order valence-corrected chi connectivity index (χ2v) is 7.06. The first-order valence-electron chi connectivity index (χ1n) is 7.53. The van der Waals surface area contributed by atoms with Gasteiger partial charge >= 0.3 is 0 Å². The topological polar surface area (TPSA) is 20.2 Å². The van der Waals surface area contributed by atoms with Crippen molar-refractivity contribution in [2.24, 2.45) is 5.41 Å². The molecule has 1 aromatic rings. The van der Waals surface area contributed by atoms with Gasteiger partial charge in [-0.15, -0.1) is 0 Å². The van der Waals surface area contributed by atoms with Gasteiger partial charge < -0.3 is 5.11 Å². The number of allylic oxidation sites excluding steroid dienone is 1. The Bertz CT molecular complexity index is 494. The maximum absolute atomic E-state index is 10.0. The van der Waals surface area contributed by atoms with Crippen molar-refractivity contribution in [2.45, 2.75) is 58.0 Å². The van der Waals surface area contributed by atoms with Crippen LogP contribution in [0.15, 0.2) is 30.3 Å². The van der Waals surface area contributed by atoms with Gasteiger partial charge in [0.25, 0.3) is 0 Å². The van der Waals surface area contributed by atoms with Crippen molar-refractivity contribution < 1.29 is 5.11 Å². The van der Waals surface area contributed by atoms with Crippen molar-refractivity contribution in [1.82, 2.24) is 0 Å². The van der Waals surface area contributed by atoms with Crippen LogP contribution >= 0.6 is 0 Å². The van der Waals surface area contributed by atoms with Crippen LogP contribution in [0.1, 0.15) is 63.0 Å². The normalized spacial score (nSPS) is 26.7. The molecule has 0 radical (unpaired) electrons. The van der Waals surface area contributed by atoms with Crippen LogP contribution in [-0.2, 0) is 0 Å². The summed E-state index contributed by atoms with van der Waals surface area (Å²) in [6.45, 7) is 4.50. The summed E-state index contributed by atoms with van der Waals surface area (Å²) in [6.07, 6.45) is 7.78. The standard InChI is InChI=1S/C18H24O/c1-18(2)11-16(10-17(19)12-18)15-8-4-7-14(9-15)13-5-3-6-13/h4,7-10,13,17,19H,3,5-6,11-12H2,1-2H3. The molecule has 0 amide bonds. The van der Waals surface area contributed by atoms with Crippen LogP contribution in [0.4, 0.5) is 0 Å². The second kappa shape index (κ2) is 4.79. The second-order valence-electron chi connectivity index (χ2n) is 7.06. The third kappa shape index (κ3) is 2.76. The Morgan fingerprint density at radius 1 is 1.21 bits per heavy atom. The molecule has 0 saturated heterocycles. The maximum atomic E-state index is 10.0. The van der Waals surface area contributed by atoms with Gasteiger partial charge in [0.15, 0.2) is 0 Å². The van der Waals surface area contributed by atoms with Crippen molar-refractivity contribution in [1.29, 1.82) is 0 Å². The van der Waals surface area contributed by atoms with Gasteiger partial charge in [0.1, 0.15) is 0 Å². The monoisotopic (exact) mass is 256 g/mol. The molecule has 3 rings (SSSR count). The van der Waals surface area contributed by atoms with Crippen molar-refractivity contribution in [3.63, 3.8) is 0 Å². The number of aliphatic hydroxyl groups excluding tert-OH is 1. The lowest BCUT2D eigenvalue weighted by molar-refractivity contribution is 0.146. The maximum Gasteiger partial charge on any atom is 0.0732 e. The van der Waals surface area contributed by atoms with Crippen LogP contribution in [0.2, 0.25) is 0 Å². The average molecular weight is 256 g/mol. The van der Waals surface area contributed by atoms with E-state index in [4.69, 9.17) is 0 Å². The lowest BCUT2D eigenvalue weighted by atomic mass is 9.73. The fraction of sp³-hybridized carbons (Fsp3) is 0.556. The molecule has 0 heterocycles. The molecule has 102 valence electrons. The smallest absolute Gasteiger partial charge is 0.0732 e. The molecule has 1 nitrogen and oxygen atoms in total. The number of rotatable bonds is 2. The minimum Gasteiger partial charge on any atom is -0.389 e. The van der Waals surface area contributed by atoms with Gasteiger partial charge in [-0.05, 0) is 53.7 Å². The molecule has 2 aliphatic carbocycles. The first kappa shape index (κ1) is 12.9. The molecule has 1 heteroatoms. The van der Waals surface area contributed by atoms with Crippen LogP contribution in [0.3, 0.4) is 0 Å². The summed E-state index contributed by atoms with van der Waals surface area (Å²) in [7, 11) is 0. The Kier molecular flexibility index (Phi) is 3.26. The molecule has 1 fully saturated rings. The molecular formula is C18H24O. The van der Waals surface area contributed by atoms with Crippen LogP contribution in [0.25, 0.3) is 5.57 Å². The molecule has 2 aliphatic rings. The van der Waals surface area contributed by atoms with Crippen molar-refractivity contribution in [3.8, 4) is 0 Å². The Balaban J connectivity index is 1.89. The summed E-state index contributed by atoms with van der Waals surface area (Å²) in [6, 6.07) is 8.99. The number of hydrogen-bond donors (Lipinski definition) is 1. The molecule has 1 N–H and O–H groups in total. The van der Waals surface area contributed by atoms with Crippen molar-refractivity contribution >= 4 is 5.57 Å². The van der Waals surface area contributed by atoms with Gasteiger partial charge in [-0.1, -0.05) is 50.6 Å². The summed E-state index contributed by atoms with van der Waals surface area (Å²) in [4.78, 5) is 0. The van der Waals surface area contributed by atoms with Crippen LogP contribution in [-0.4, -0.2) is 11.2 Å². The van der Waals surface area contributed by atoms with E-state index in [0.29, 0.717) is 0 Å². The highest BCUT2D eigenvalue weighted by Gasteiger charge is 2.28. The van der Waals surface area contributed by atoms with Gasteiger partial charge in [-0.3, -0.25) is 0 Å². The quantitative estimate of drug-likeness (QED) is 0.825. The van der Waals surface area contributed by atoms with E-state index in [2.05, 4.69) is 44.2 Å². The molecule has 1 unspecified atom stereocenters. The molecule has 19 heavy (non-hydrogen) atoms. The predicted octanol–water partition coefficient (Wildman–Crippen LogP) is 4.52. The Labute approximate surface area is 116 Å². The Hall–Kier alpha value is -1.08. The summed E-state index contributed by atoms with van der Waals surface area (Å²) in [5.74, 6) is 0.780. The highest BCUT2D eigenvalue weighted by molar-refractivity contribution is 5.68. The van der Waals surface area contributed by atoms with E-state index < -0.39 is 0 Å². The van der Waals surface area contributed by atoms with E-state index in [1.54, 1.807) is 0 Å². The van der Waals surface area contributed by atoms with E-state index in [-0.39, 0.29) is 11.5 Å². The first-order valence-corrected chi connectivity index (χ1v) is 7.53. The minimum absolute atomic E-state index is 0.204. The fourth-order valence-electron chi connectivity index (χ4n) is 3.44. The molecule has 0 aliphatic heterocycles. The molecule has 0 aromatic heterocycles. The van der Waals surface area contributed by atoms with Crippen LogP contribution in [0.5, 0.6) is 0 Å². The zero-order valence-electron chi connectivity index (χ0n) is 12.0. The highest BCUT2D eigenvalue weighted by Crippen LogP contribution is 2.41. The number of benzene rings is 1. The van der Waals surface area contributed by atoms with E-state index in [9.17, 15) is 5.11 Å². The van der Waals surface area contributed by atoms with Gasteiger partial charge in [-0.25, -0.2) is 0 Å². The fourth-order valence-corrected chi connectivity index (χ4v) is 3.44. The summed E-state index contributed by atoms with van der Waals surface area (Å²) < 4.78 is 0. The molecule has 0 spiro atoms. The Morgan fingerprint density at radius 2 is 2.00 bits per heavy atom. The third-order valence-corrected chi connectivity index (χ3v) is 4.66. The largest absolute Gasteiger partial charge is 0.389 e. The van der Waals surface area contributed by atoms with Gasteiger partial charge in [0.2, 0.25) is 0 Å². The molecule has 1 atom stereocenters. The van der Waals surface area contributed by atoms with Crippen molar-refractivity contribution in [2.75, 3.05) is 0 Å². The van der Waals surface area contributed by atoms with Gasteiger partial charge in [0, 0.05) is 0 Å². The third-order valence-electron chi connectivity index (χ3n) is 4.66.